The van der Waals surface area contributed by atoms with Crippen molar-refractivity contribution in [2.45, 2.75) is 6.42 Å². The molecule has 24 heavy (non-hydrogen) atoms. The van der Waals surface area contributed by atoms with Crippen LogP contribution in [0.5, 0.6) is 11.5 Å². The highest BCUT2D eigenvalue weighted by Gasteiger charge is 2.23. The van der Waals surface area contributed by atoms with Crippen LogP contribution in [0.15, 0.2) is 48.5 Å². The Morgan fingerprint density at radius 3 is 2.42 bits per heavy atom. The Morgan fingerprint density at radius 1 is 1.00 bits per heavy atom. The largest absolute Gasteiger partial charge is 0.493 e. The highest BCUT2D eigenvalue weighted by Crippen LogP contribution is 2.31. The first kappa shape index (κ1) is 16.2. The third-order valence-electron chi connectivity index (χ3n) is 4.18. The molecule has 2 aromatic carbocycles. The Balaban J connectivity index is 1.76. The van der Waals surface area contributed by atoms with Gasteiger partial charge in [0.2, 0.25) is 0 Å². The number of nitrogens with zero attached hydrogens (tertiary/aromatic N) is 2. The standard InChI is InChI=1S/C19H22N2O3/c1-20-12-7-13-21(16-9-4-3-8-15(16)20)19(22)14-24-18-11-6-5-10-17(18)23-2/h3-6,8-11H,7,12-14H2,1-2H3. The van der Waals surface area contributed by atoms with E-state index in [1.54, 1.807) is 13.2 Å². The van der Waals surface area contributed by atoms with E-state index in [4.69, 9.17) is 9.47 Å². The van der Waals surface area contributed by atoms with Gasteiger partial charge in [0.05, 0.1) is 18.5 Å². The Morgan fingerprint density at radius 2 is 1.67 bits per heavy atom. The van der Waals surface area contributed by atoms with Gasteiger partial charge >= 0.3 is 0 Å². The maximum absolute atomic E-state index is 12.7. The number of fused-ring (bicyclic) bond motifs is 1. The Kier molecular flexibility index (Phi) is 4.89. The average molecular weight is 326 g/mol. The van der Waals surface area contributed by atoms with Crippen molar-refractivity contribution in [3.8, 4) is 11.5 Å². The first-order chi connectivity index (χ1) is 11.7. The number of methoxy groups -OCH3 is 1. The number of rotatable bonds is 4. The average Bonchev–Trinajstić information content (AvgIpc) is 2.79. The van der Waals surface area contributed by atoms with Crippen LogP contribution in [0.2, 0.25) is 0 Å². The smallest absolute Gasteiger partial charge is 0.264 e. The summed E-state index contributed by atoms with van der Waals surface area (Å²) in [6.07, 6.45) is 0.922. The third-order valence-corrected chi connectivity index (χ3v) is 4.18. The SMILES string of the molecule is COc1ccccc1OCC(=O)N1CCCN(C)c2ccccc21. The fourth-order valence-corrected chi connectivity index (χ4v) is 2.94. The van der Waals surface area contributed by atoms with Crippen LogP contribution in [-0.4, -0.2) is 39.8 Å². The van der Waals surface area contributed by atoms with Crippen LogP contribution in [0.1, 0.15) is 6.42 Å². The molecule has 0 bridgehead atoms. The van der Waals surface area contributed by atoms with E-state index in [0.29, 0.717) is 18.0 Å². The molecule has 126 valence electrons. The topological polar surface area (TPSA) is 42.0 Å². The lowest BCUT2D eigenvalue weighted by Gasteiger charge is -2.24. The maximum Gasteiger partial charge on any atom is 0.264 e. The fourth-order valence-electron chi connectivity index (χ4n) is 2.94. The molecule has 1 aliphatic heterocycles. The zero-order valence-electron chi connectivity index (χ0n) is 14.1. The predicted molar refractivity (Wildman–Crippen MR) is 95.2 cm³/mol. The molecule has 0 aliphatic carbocycles. The minimum Gasteiger partial charge on any atom is -0.493 e. The minimum atomic E-state index is -0.0522. The number of para-hydroxylation sites is 4. The number of hydrogen-bond acceptors (Lipinski definition) is 4. The monoisotopic (exact) mass is 326 g/mol. The molecule has 0 saturated heterocycles. The van der Waals surface area contributed by atoms with Crippen LogP contribution in [0.4, 0.5) is 11.4 Å². The van der Waals surface area contributed by atoms with Gasteiger partial charge in [-0.3, -0.25) is 4.79 Å². The molecular formula is C19H22N2O3. The lowest BCUT2D eigenvalue weighted by Crippen LogP contribution is -2.35. The third kappa shape index (κ3) is 3.30. The number of amides is 1. The number of benzene rings is 2. The second-order valence-electron chi connectivity index (χ2n) is 5.75. The van der Waals surface area contributed by atoms with Crippen LogP contribution >= 0.6 is 0 Å². The van der Waals surface area contributed by atoms with E-state index < -0.39 is 0 Å². The summed E-state index contributed by atoms with van der Waals surface area (Å²) in [5.41, 5.74) is 2.01. The lowest BCUT2D eigenvalue weighted by atomic mass is 10.2. The molecule has 5 nitrogen and oxygen atoms in total. The molecule has 0 fully saturated rings. The summed E-state index contributed by atoms with van der Waals surface area (Å²) in [4.78, 5) is 16.7. The van der Waals surface area contributed by atoms with Crippen molar-refractivity contribution < 1.29 is 14.3 Å². The van der Waals surface area contributed by atoms with Crippen molar-refractivity contribution in [1.82, 2.24) is 0 Å². The van der Waals surface area contributed by atoms with Gasteiger partial charge in [-0.15, -0.1) is 0 Å². The lowest BCUT2D eigenvalue weighted by molar-refractivity contribution is -0.120. The van der Waals surface area contributed by atoms with Crippen molar-refractivity contribution in [2.75, 3.05) is 43.7 Å². The highest BCUT2D eigenvalue weighted by molar-refractivity contribution is 5.98. The second-order valence-corrected chi connectivity index (χ2v) is 5.75. The van der Waals surface area contributed by atoms with E-state index in [9.17, 15) is 4.79 Å². The van der Waals surface area contributed by atoms with Crippen molar-refractivity contribution in [3.63, 3.8) is 0 Å². The first-order valence-corrected chi connectivity index (χ1v) is 8.07. The first-order valence-electron chi connectivity index (χ1n) is 8.07. The van der Waals surface area contributed by atoms with Gasteiger partial charge in [-0.25, -0.2) is 0 Å². The molecule has 0 atom stereocenters. The van der Waals surface area contributed by atoms with Crippen LogP contribution < -0.4 is 19.3 Å². The molecule has 0 radical (unpaired) electrons. The molecular weight excluding hydrogens is 304 g/mol. The van der Waals surface area contributed by atoms with Crippen molar-refractivity contribution in [3.05, 3.63) is 48.5 Å². The summed E-state index contributed by atoms with van der Waals surface area (Å²) >= 11 is 0. The van der Waals surface area contributed by atoms with Gasteiger partial charge in [-0.05, 0) is 30.7 Å². The summed E-state index contributed by atoms with van der Waals surface area (Å²) in [7, 11) is 3.64. The Hall–Kier alpha value is -2.69. The summed E-state index contributed by atoms with van der Waals surface area (Å²) < 4.78 is 11.0. The van der Waals surface area contributed by atoms with E-state index in [1.807, 2.05) is 47.4 Å². The molecule has 0 aromatic heterocycles. The van der Waals surface area contributed by atoms with Crippen LogP contribution in [0.25, 0.3) is 0 Å². The van der Waals surface area contributed by atoms with Gasteiger partial charge in [0.1, 0.15) is 0 Å². The van der Waals surface area contributed by atoms with E-state index in [1.165, 1.54) is 0 Å². The van der Waals surface area contributed by atoms with Crippen molar-refractivity contribution in [2.24, 2.45) is 0 Å². The van der Waals surface area contributed by atoms with Crippen LogP contribution in [-0.2, 0) is 4.79 Å². The second kappa shape index (κ2) is 7.25. The molecule has 2 aromatic rings. The van der Waals surface area contributed by atoms with Crippen molar-refractivity contribution in [1.29, 1.82) is 0 Å². The van der Waals surface area contributed by atoms with Gasteiger partial charge in [0.15, 0.2) is 18.1 Å². The Bertz CT molecular complexity index is 717. The quantitative estimate of drug-likeness (QED) is 0.866. The van der Waals surface area contributed by atoms with Crippen LogP contribution in [0.3, 0.4) is 0 Å². The molecule has 1 aliphatic rings. The number of carbonyl (C=O) groups excluding carboxylic acids is 1. The van der Waals surface area contributed by atoms with Gasteiger partial charge in [-0.2, -0.15) is 0 Å². The summed E-state index contributed by atoms with van der Waals surface area (Å²) in [5, 5.41) is 0. The van der Waals surface area contributed by atoms with Gasteiger partial charge < -0.3 is 19.3 Å². The van der Waals surface area contributed by atoms with E-state index in [2.05, 4.69) is 11.9 Å². The molecule has 3 rings (SSSR count). The molecule has 1 heterocycles. The number of anilines is 2. The number of hydrogen-bond donors (Lipinski definition) is 0. The number of ether oxygens (including phenoxy) is 2. The fraction of sp³-hybridized carbons (Fsp3) is 0.316. The molecule has 0 N–H and O–H groups in total. The van der Waals surface area contributed by atoms with E-state index >= 15 is 0 Å². The molecule has 1 amide bonds. The summed E-state index contributed by atoms with van der Waals surface area (Å²) in [6.45, 7) is 1.60. The van der Waals surface area contributed by atoms with Gasteiger partial charge in [0.25, 0.3) is 5.91 Å². The van der Waals surface area contributed by atoms with Gasteiger partial charge in [-0.1, -0.05) is 24.3 Å². The van der Waals surface area contributed by atoms with Crippen LogP contribution in [0, 0.1) is 0 Å². The summed E-state index contributed by atoms with van der Waals surface area (Å²) in [6, 6.07) is 15.3. The van der Waals surface area contributed by atoms with E-state index in [-0.39, 0.29) is 12.5 Å². The Labute approximate surface area is 142 Å². The zero-order valence-corrected chi connectivity index (χ0v) is 14.1. The highest BCUT2D eigenvalue weighted by atomic mass is 16.5. The molecule has 0 spiro atoms. The molecule has 5 heteroatoms. The molecule has 0 unspecified atom stereocenters. The zero-order chi connectivity index (χ0) is 16.9. The van der Waals surface area contributed by atoms with Crippen molar-refractivity contribution >= 4 is 17.3 Å². The number of carbonyl (C=O) groups is 1. The normalized spacial score (nSPS) is 13.9. The van der Waals surface area contributed by atoms with Gasteiger partial charge in [0, 0.05) is 20.1 Å². The maximum atomic E-state index is 12.7. The minimum absolute atomic E-state index is 0.0155. The van der Waals surface area contributed by atoms with E-state index in [0.717, 1.165) is 24.3 Å². The predicted octanol–water partition coefficient (Wildman–Crippen LogP) is 2.95. The summed E-state index contributed by atoms with van der Waals surface area (Å²) in [5.74, 6) is 1.15. The molecule has 0 saturated carbocycles.